The Labute approximate surface area is 70.7 Å². The van der Waals surface area contributed by atoms with E-state index >= 15 is 0 Å². The van der Waals surface area contributed by atoms with E-state index in [4.69, 9.17) is 0 Å². The minimum Gasteiger partial charge on any atom is -0.0854 e. The predicted octanol–water partition coefficient (Wildman–Crippen LogP) is 3.63. The van der Waals surface area contributed by atoms with Gasteiger partial charge in [-0.25, -0.2) is 0 Å². The van der Waals surface area contributed by atoms with Crippen molar-refractivity contribution in [1.82, 2.24) is 0 Å². The highest BCUT2D eigenvalue weighted by atomic mass is 14.3. The van der Waals surface area contributed by atoms with Crippen LogP contribution in [0.25, 0.3) is 0 Å². The maximum absolute atomic E-state index is 2.41. The second-order valence-electron chi connectivity index (χ2n) is 4.91. The van der Waals surface area contributed by atoms with E-state index in [1.807, 2.05) is 0 Å². The molecule has 0 fully saturated rings. The Morgan fingerprint density at radius 1 is 1.09 bits per heavy atom. The summed E-state index contributed by atoms with van der Waals surface area (Å²) >= 11 is 0. The molecule has 0 heteroatoms. The second-order valence-corrected chi connectivity index (χ2v) is 4.91. The van der Waals surface area contributed by atoms with Crippen LogP contribution < -0.4 is 0 Å². The average Bonchev–Trinajstić information content (AvgIpc) is 1.86. The lowest BCUT2D eigenvalue weighted by Crippen LogP contribution is -2.21. The molecule has 2 atom stereocenters. The molecule has 0 nitrogen and oxygen atoms in total. The minimum atomic E-state index is 0.469. The molecule has 1 aliphatic rings. The monoisotopic (exact) mass is 152 g/mol. The van der Waals surface area contributed by atoms with Crippen LogP contribution in [0.4, 0.5) is 0 Å². The first kappa shape index (κ1) is 8.83. The SMILES string of the molecule is C[C@H]1C=C[C@@H](C(C)(C)C)CC1. The molecule has 0 spiro atoms. The molecule has 0 bridgehead atoms. The molecule has 0 saturated heterocycles. The van der Waals surface area contributed by atoms with Crippen molar-refractivity contribution in [3.8, 4) is 0 Å². The molecule has 0 amide bonds. The summed E-state index contributed by atoms with van der Waals surface area (Å²) in [4.78, 5) is 0. The van der Waals surface area contributed by atoms with Crippen molar-refractivity contribution in [2.24, 2.45) is 17.3 Å². The Hall–Kier alpha value is -0.260. The molecule has 0 radical (unpaired) electrons. The van der Waals surface area contributed by atoms with Crippen LogP contribution >= 0.6 is 0 Å². The van der Waals surface area contributed by atoms with Gasteiger partial charge in [0.25, 0.3) is 0 Å². The van der Waals surface area contributed by atoms with Gasteiger partial charge < -0.3 is 0 Å². The van der Waals surface area contributed by atoms with Crippen LogP contribution in [-0.2, 0) is 0 Å². The highest BCUT2D eigenvalue weighted by Crippen LogP contribution is 2.35. The fraction of sp³-hybridized carbons (Fsp3) is 0.818. The van der Waals surface area contributed by atoms with Crippen molar-refractivity contribution in [3.63, 3.8) is 0 Å². The molecule has 0 heterocycles. The Bertz CT molecular complexity index is 148. The molecule has 0 aromatic rings. The zero-order chi connectivity index (χ0) is 8.48. The normalized spacial score (nSPS) is 32.4. The van der Waals surface area contributed by atoms with Gasteiger partial charge >= 0.3 is 0 Å². The van der Waals surface area contributed by atoms with Crippen molar-refractivity contribution >= 4 is 0 Å². The summed E-state index contributed by atoms with van der Waals surface area (Å²) in [6.07, 6.45) is 7.53. The summed E-state index contributed by atoms with van der Waals surface area (Å²) < 4.78 is 0. The molecule has 11 heavy (non-hydrogen) atoms. The molecule has 0 saturated carbocycles. The van der Waals surface area contributed by atoms with Gasteiger partial charge in [0, 0.05) is 0 Å². The average molecular weight is 152 g/mol. The van der Waals surface area contributed by atoms with Gasteiger partial charge in [-0.3, -0.25) is 0 Å². The van der Waals surface area contributed by atoms with Crippen LogP contribution in [0.15, 0.2) is 12.2 Å². The van der Waals surface area contributed by atoms with Crippen molar-refractivity contribution in [2.45, 2.75) is 40.5 Å². The van der Waals surface area contributed by atoms with E-state index in [9.17, 15) is 0 Å². The van der Waals surface area contributed by atoms with Gasteiger partial charge in [-0.1, -0.05) is 39.8 Å². The third kappa shape index (κ3) is 2.36. The lowest BCUT2D eigenvalue weighted by atomic mass is 9.74. The first-order valence-electron chi connectivity index (χ1n) is 4.68. The molecule has 0 N–H and O–H groups in total. The van der Waals surface area contributed by atoms with Crippen molar-refractivity contribution < 1.29 is 0 Å². The summed E-state index contributed by atoms with van der Waals surface area (Å²) in [5.74, 6) is 1.62. The maximum atomic E-state index is 2.41. The van der Waals surface area contributed by atoms with Crippen LogP contribution in [0.1, 0.15) is 40.5 Å². The Morgan fingerprint density at radius 2 is 1.73 bits per heavy atom. The van der Waals surface area contributed by atoms with Gasteiger partial charge in [-0.2, -0.15) is 0 Å². The van der Waals surface area contributed by atoms with E-state index < -0.39 is 0 Å². The van der Waals surface area contributed by atoms with Gasteiger partial charge in [0.05, 0.1) is 0 Å². The molecule has 1 aliphatic carbocycles. The second kappa shape index (κ2) is 3.00. The molecule has 0 unspecified atom stereocenters. The van der Waals surface area contributed by atoms with Crippen molar-refractivity contribution in [3.05, 3.63) is 12.2 Å². The van der Waals surface area contributed by atoms with Gasteiger partial charge in [0.2, 0.25) is 0 Å². The van der Waals surface area contributed by atoms with E-state index in [1.54, 1.807) is 0 Å². The lowest BCUT2D eigenvalue weighted by Gasteiger charge is -2.31. The predicted molar refractivity (Wildman–Crippen MR) is 50.5 cm³/mol. The van der Waals surface area contributed by atoms with Crippen LogP contribution in [0.5, 0.6) is 0 Å². The van der Waals surface area contributed by atoms with Gasteiger partial charge in [0.15, 0.2) is 0 Å². The topological polar surface area (TPSA) is 0 Å². The highest BCUT2D eigenvalue weighted by molar-refractivity contribution is 5.00. The van der Waals surface area contributed by atoms with Crippen LogP contribution in [-0.4, -0.2) is 0 Å². The van der Waals surface area contributed by atoms with E-state index in [-0.39, 0.29) is 0 Å². The fourth-order valence-electron chi connectivity index (χ4n) is 1.68. The summed E-state index contributed by atoms with van der Waals surface area (Å²) in [5, 5.41) is 0. The molecular formula is C11H20. The standard InChI is InChI=1S/C11H20/c1-9-5-7-10(8-6-9)11(2,3)4/h5,7,9-10H,6,8H2,1-4H3/t9-,10+/m0/s1. The number of hydrogen-bond donors (Lipinski definition) is 0. The third-order valence-corrected chi connectivity index (χ3v) is 2.72. The smallest absolute Gasteiger partial charge is 0.0184 e. The summed E-state index contributed by atoms with van der Waals surface area (Å²) in [5.41, 5.74) is 0.469. The molecule has 0 aromatic carbocycles. The Morgan fingerprint density at radius 3 is 2.09 bits per heavy atom. The van der Waals surface area contributed by atoms with Gasteiger partial charge in [0.1, 0.15) is 0 Å². The van der Waals surface area contributed by atoms with E-state index in [1.165, 1.54) is 12.8 Å². The zero-order valence-corrected chi connectivity index (χ0v) is 8.22. The maximum Gasteiger partial charge on any atom is -0.0184 e. The summed E-state index contributed by atoms with van der Waals surface area (Å²) in [7, 11) is 0. The van der Waals surface area contributed by atoms with Gasteiger partial charge in [-0.05, 0) is 30.1 Å². The number of allylic oxidation sites excluding steroid dienone is 2. The van der Waals surface area contributed by atoms with Gasteiger partial charge in [-0.15, -0.1) is 0 Å². The summed E-state index contributed by atoms with van der Waals surface area (Å²) in [6.45, 7) is 9.30. The lowest BCUT2D eigenvalue weighted by molar-refractivity contribution is 0.256. The van der Waals surface area contributed by atoms with Crippen LogP contribution in [0, 0.1) is 17.3 Å². The zero-order valence-electron chi connectivity index (χ0n) is 8.22. The van der Waals surface area contributed by atoms with E-state index in [2.05, 4.69) is 39.8 Å². The molecule has 1 rings (SSSR count). The number of hydrogen-bond acceptors (Lipinski definition) is 0. The van der Waals surface area contributed by atoms with E-state index in [0.717, 1.165) is 11.8 Å². The van der Waals surface area contributed by atoms with Crippen LogP contribution in [0.3, 0.4) is 0 Å². The molecule has 0 aliphatic heterocycles. The first-order chi connectivity index (χ1) is 5.00. The van der Waals surface area contributed by atoms with Crippen molar-refractivity contribution in [2.75, 3.05) is 0 Å². The van der Waals surface area contributed by atoms with Crippen molar-refractivity contribution in [1.29, 1.82) is 0 Å². The largest absolute Gasteiger partial charge is 0.0854 e. The molecule has 0 aromatic heterocycles. The van der Waals surface area contributed by atoms with E-state index in [0.29, 0.717) is 5.41 Å². The quantitative estimate of drug-likeness (QED) is 0.465. The third-order valence-electron chi connectivity index (χ3n) is 2.72. The fourth-order valence-corrected chi connectivity index (χ4v) is 1.68. The highest BCUT2D eigenvalue weighted by Gasteiger charge is 2.24. The summed E-state index contributed by atoms with van der Waals surface area (Å²) in [6, 6.07) is 0. The molecule has 64 valence electrons. The minimum absolute atomic E-state index is 0.469. The Balaban J connectivity index is 2.57. The number of rotatable bonds is 0. The first-order valence-corrected chi connectivity index (χ1v) is 4.68. The Kier molecular flexibility index (Phi) is 2.41. The van der Waals surface area contributed by atoms with Crippen LogP contribution in [0.2, 0.25) is 0 Å². The molecular weight excluding hydrogens is 132 g/mol.